The molecule has 4 rings (SSSR count). The fraction of sp³-hybridized carbons (Fsp3) is 0.680. The first-order valence-corrected chi connectivity index (χ1v) is 12.1. The predicted molar refractivity (Wildman–Crippen MR) is 121 cm³/mol. The van der Waals surface area contributed by atoms with Crippen LogP contribution in [0.3, 0.4) is 0 Å². The molecule has 0 radical (unpaired) electrons. The fourth-order valence-electron chi connectivity index (χ4n) is 5.50. The van der Waals surface area contributed by atoms with Gasteiger partial charge in [0.25, 0.3) is 5.91 Å². The molecule has 1 atom stereocenters. The summed E-state index contributed by atoms with van der Waals surface area (Å²) in [6.45, 7) is 3.26. The number of primary amides is 1. The molecule has 188 valence electrons. The third-order valence-electron chi connectivity index (χ3n) is 7.89. The Morgan fingerprint density at radius 1 is 1.09 bits per heavy atom. The summed E-state index contributed by atoms with van der Waals surface area (Å²) in [5.41, 5.74) is 2.55. The van der Waals surface area contributed by atoms with E-state index in [0.29, 0.717) is 18.9 Å². The number of amides is 2. The zero-order valence-electron chi connectivity index (χ0n) is 19.6. The highest BCUT2D eigenvalue weighted by atomic mass is 19.4. The highest BCUT2D eigenvalue weighted by Gasteiger charge is 2.51. The summed E-state index contributed by atoms with van der Waals surface area (Å²) in [5.74, 6) is -0.411. The van der Waals surface area contributed by atoms with Crippen LogP contribution in [0.2, 0.25) is 0 Å². The molecule has 2 saturated carbocycles. The summed E-state index contributed by atoms with van der Waals surface area (Å²) in [7, 11) is 0. The monoisotopic (exact) mass is 481 g/mol. The number of nitrogens with two attached hydrogens (primary N) is 1. The van der Waals surface area contributed by atoms with Crippen LogP contribution in [-0.4, -0.2) is 64.6 Å². The van der Waals surface area contributed by atoms with Gasteiger partial charge in [0.1, 0.15) is 0 Å². The predicted octanol–water partition coefficient (Wildman–Crippen LogP) is 3.57. The molecule has 0 bridgehead atoms. The lowest BCUT2D eigenvalue weighted by Gasteiger charge is -2.47. The van der Waals surface area contributed by atoms with Crippen molar-refractivity contribution in [3.8, 4) is 0 Å². The van der Waals surface area contributed by atoms with E-state index in [9.17, 15) is 27.9 Å². The van der Waals surface area contributed by atoms with Crippen molar-refractivity contribution in [1.82, 2.24) is 9.80 Å². The number of rotatable bonds is 8. The molecular formula is C25H34F3N3O3. The normalized spacial score (nSPS) is 23.1. The summed E-state index contributed by atoms with van der Waals surface area (Å²) in [4.78, 5) is 29.1. The van der Waals surface area contributed by atoms with E-state index >= 15 is 0 Å². The maximum absolute atomic E-state index is 13.3. The molecule has 34 heavy (non-hydrogen) atoms. The molecule has 0 spiro atoms. The van der Waals surface area contributed by atoms with Gasteiger partial charge in [0, 0.05) is 43.7 Å². The van der Waals surface area contributed by atoms with E-state index in [1.54, 1.807) is 0 Å². The molecule has 3 N–H and O–H groups in total. The molecule has 3 aliphatic rings. The van der Waals surface area contributed by atoms with Gasteiger partial charge in [0.05, 0.1) is 0 Å². The van der Waals surface area contributed by atoms with Crippen molar-refractivity contribution in [3.63, 3.8) is 0 Å². The molecule has 2 aliphatic carbocycles. The van der Waals surface area contributed by atoms with Gasteiger partial charge >= 0.3 is 6.18 Å². The molecule has 3 fully saturated rings. The smallest absolute Gasteiger partial charge is 0.376 e. The minimum atomic E-state index is -4.80. The number of halogens is 3. The van der Waals surface area contributed by atoms with Gasteiger partial charge in [-0.05, 0) is 68.6 Å². The van der Waals surface area contributed by atoms with Crippen LogP contribution in [0.25, 0.3) is 0 Å². The number of likely N-dealkylation sites (tertiary alicyclic amines) is 1. The third kappa shape index (κ3) is 5.10. The van der Waals surface area contributed by atoms with Gasteiger partial charge in [0.2, 0.25) is 5.91 Å². The standard InChI is InChI=1S/C25H34F3N3O3/c1-23(34,25(26,27)28)18-5-3-17(4-6-18)22(33)31(19-7-8-19)20-9-13-30(14-10-20)16-24(11-2-12-24)15-21(29)32/h3-6,19-20,34H,2,7-16H2,1H3,(H2,29,32)/t23-/m0/s1. The molecule has 1 aliphatic heterocycles. The van der Waals surface area contributed by atoms with E-state index in [4.69, 9.17) is 5.73 Å². The van der Waals surface area contributed by atoms with Crippen molar-refractivity contribution in [3.05, 3.63) is 35.4 Å². The summed E-state index contributed by atoms with van der Waals surface area (Å²) in [5, 5.41) is 9.89. The van der Waals surface area contributed by atoms with Crippen LogP contribution in [0, 0.1) is 5.41 Å². The van der Waals surface area contributed by atoms with Crippen LogP contribution in [0.4, 0.5) is 13.2 Å². The highest BCUT2D eigenvalue weighted by molar-refractivity contribution is 5.95. The maximum Gasteiger partial charge on any atom is 0.421 e. The van der Waals surface area contributed by atoms with Gasteiger partial charge in [0.15, 0.2) is 5.60 Å². The van der Waals surface area contributed by atoms with Crippen LogP contribution in [0.15, 0.2) is 24.3 Å². The van der Waals surface area contributed by atoms with Crippen molar-refractivity contribution in [2.24, 2.45) is 11.1 Å². The van der Waals surface area contributed by atoms with Crippen molar-refractivity contribution in [2.75, 3.05) is 19.6 Å². The second-order valence-electron chi connectivity index (χ2n) is 10.6. The summed E-state index contributed by atoms with van der Waals surface area (Å²) in [6.07, 6.45) is 2.35. The Hall–Kier alpha value is -2.13. The number of piperidine rings is 1. The van der Waals surface area contributed by atoms with E-state index in [-0.39, 0.29) is 34.9 Å². The Morgan fingerprint density at radius 3 is 2.09 bits per heavy atom. The molecule has 9 heteroatoms. The topological polar surface area (TPSA) is 86.9 Å². The number of alkyl halides is 3. The largest absolute Gasteiger partial charge is 0.421 e. The Labute approximate surface area is 198 Å². The average Bonchev–Trinajstić information content (AvgIpc) is 3.57. The van der Waals surface area contributed by atoms with E-state index in [1.165, 1.54) is 24.3 Å². The average molecular weight is 482 g/mol. The number of aliphatic hydroxyl groups is 1. The third-order valence-corrected chi connectivity index (χ3v) is 7.89. The molecule has 6 nitrogen and oxygen atoms in total. The van der Waals surface area contributed by atoms with Crippen LogP contribution >= 0.6 is 0 Å². The van der Waals surface area contributed by atoms with Gasteiger partial charge in [-0.1, -0.05) is 18.6 Å². The van der Waals surface area contributed by atoms with E-state index in [1.807, 2.05) is 4.90 Å². The zero-order valence-corrected chi connectivity index (χ0v) is 19.6. The number of hydrogen-bond donors (Lipinski definition) is 2. The molecule has 0 unspecified atom stereocenters. The van der Waals surface area contributed by atoms with Gasteiger partial charge < -0.3 is 20.6 Å². The first kappa shape index (κ1) is 25.0. The van der Waals surface area contributed by atoms with Gasteiger partial charge in [-0.15, -0.1) is 0 Å². The molecule has 1 saturated heterocycles. The van der Waals surface area contributed by atoms with Crippen molar-refractivity contribution >= 4 is 11.8 Å². The lowest BCUT2D eigenvalue weighted by atomic mass is 9.66. The molecule has 1 aromatic rings. The van der Waals surface area contributed by atoms with Gasteiger partial charge in [-0.25, -0.2) is 0 Å². The number of nitrogens with zero attached hydrogens (tertiary/aromatic N) is 2. The first-order chi connectivity index (χ1) is 15.9. The number of carbonyl (C=O) groups excluding carboxylic acids is 2. The summed E-state index contributed by atoms with van der Waals surface area (Å²) < 4.78 is 39.4. The number of carbonyl (C=O) groups is 2. The van der Waals surface area contributed by atoms with Crippen molar-refractivity contribution in [1.29, 1.82) is 0 Å². The quantitative estimate of drug-likeness (QED) is 0.594. The molecule has 2 amide bonds. The Morgan fingerprint density at radius 2 is 1.65 bits per heavy atom. The Balaban J connectivity index is 1.39. The van der Waals surface area contributed by atoms with Gasteiger partial charge in [-0.3, -0.25) is 9.59 Å². The second kappa shape index (κ2) is 9.15. The molecule has 1 heterocycles. The van der Waals surface area contributed by atoms with E-state index in [0.717, 1.165) is 64.6 Å². The SMILES string of the molecule is C[C@](O)(c1ccc(C(=O)N(C2CC2)C2CCN(CC3(CC(N)=O)CCC3)CC2)cc1)C(F)(F)F. The van der Waals surface area contributed by atoms with Crippen LogP contribution in [0.1, 0.15) is 74.2 Å². The first-order valence-electron chi connectivity index (χ1n) is 12.1. The minimum absolute atomic E-state index is 0.00400. The fourth-order valence-corrected chi connectivity index (χ4v) is 5.50. The number of benzene rings is 1. The van der Waals surface area contributed by atoms with E-state index in [2.05, 4.69) is 4.90 Å². The van der Waals surface area contributed by atoms with Crippen molar-refractivity contribution in [2.45, 2.75) is 82.2 Å². The highest BCUT2D eigenvalue weighted by Crippen LogP contribution is 2.45. The van der Waals surface area contributed by atoms with Crippen LogP contribution in [-0.2, 0) is 10.4 Å². The zero-order chi connectivity index (χ0) is 24.7. The molecule has 0 aromatic heterocycles. The lowest BCUT2D eigenvalue weighted by Crippen LogP contribution is -2.51. The molecule has 1 aromatic carbocycles. The number of hydrogen-bond acceptors (Lipinski definition) is 4. The second-order valence-corrected chi connectivity index (χ2v) is 10.6. The minimum Gasteiger partial charge on any atom is -0.376 e. The van der Waals surface area contributed by atoms with Crippen LogP contribution in [0.5, 0.6) is 0 Å². The van der Waals surface area contributed by atoms with Crippen LogP contribution < -0.4 is 5.73 Å². The summed E-state index contributed by atoms with van der Waals surface area (Å²) in [6, 6.07) is 5.40. The van der Waals surface area contributed by atoms with Gasteiger partial charge in [-0.2, -0.15) is 13.2 Å². The molecular weight excluding hydrogens is 447 g/mol. The lowest BCUT2D eigenvalue weighted by molar-refractivity contribution is -0.258. The van der Waals surface area contributed by atoms with Crippen molar-refractivity contribution < 1.29 is 27.9 Å². The van der Waals surface area contributed by atoms with E-state index < -0.39 is 11.8 Å². The maximum atomic E-state index is 13.3. The Bertz CT molecular complexity index is 900. The summed E-state index contributed by atoms with van der Waals surface area (Å²) >= 11 is 0. The Kier molecular flexibility index (Phi) is 6.72.